The summed E-state index contributed by atoms with van der Waals surface area (Å²) < 4.78 is 5.40. The molecule has 0 aromatic rings. The van der Waals surface area contributed by atoms with Crippen molar-refractivity contribution in [2.24, 2.45) is 28.9 Å². The first kappa shape index (κ1) is 14.0. The molecule has 0 radical (unpaired) electrons. The Hall–Kier alpha value is -0.410. The quantitative estimate of drug-likeness (QED) is 0.840. The number of rotatable bonds is 3. The predicted octanol–water partition coefficient (Wildman–Crippen LogP) is 2.38. The third-order valence-electron chi connectivity index (χ3n) is 4.91. The molecule has 0 amide bonds. The highest BCUT2D eigenvalue weighted by atomic mass is 16.5. The predicted molar refractivity (Wildman–Crippen MR) is 72.2 cm³/mol. The normalized spacial score (nSPS) is 36.3. The van der Waals surface area contributed by atoms with E-state index in [2.05, 4.69) is 13.8 Å². The van der Waals surface area contributed by atoms with Crippen LogP contribution >= 0.6 is 0 Å². The molecule has 104 valence electrons. The standard InChI is InChI=1S/C15H27NO2/c1-11-7-12(2)9-13(8-11)14(17)15(10-16)3-5-18-6-4-15/h11-13H,3-10,16H2,1-2H3. The highest BCUT2D eigenvalue weighted by Crippen LogP contribution is 2.40. The third kappa shape index (κ3) is 2.77. The van der Waals surface area contributed by atoms with Crippen LogP contribution in [0, 0.1) is 23.2 Å². The molecule has 0 aromatic carbocycles. The van der Waals surface area contributed by atoms with Crippen molar-refractivity contribution in [3.05, 3.63) is 0 Å². The van der Waals surface area contributed by atoms with E-state index in [-0.39, 0.29) is 11.3 Å². The smallest absolute Gasteiger partial charge is 0.143 e. The van der Waals surface area contributed by atoms with E-state index >= 15 is 0 Å². The highest BCUT2D eigenvalue weighted by Gasteiger charge is 2.43. The molecule has 1 saturated carbocycles. The Morgan fingerprint density at radius 2 is 1.72 bits per heavy atom. The van der Waals surface area contributed by atoms with Gasteiger partial charge in [0.15, 0.2) is 0 Å². The van der Waals surface area contributed by atoms with Crippen LogP contribution in [-0.2, 0) is 9.53 Å². The van der Waals surface area contributed by atoms with E-state index in [1.54, 1.807) is 0 Å². The minimum absolute atomic E-state index is 0.241. The Morgan fingerprint density at radius 1 is 1.17 bits per heavy atom. The van der Waals surface area contributed by atoms with E-state index in [0.717, 1.165) is 25.7 Å². The average molecular weight is 253 g/mol. The van der Waals surface area contributed by atoms with Crippen molar-refractivity contribution in [2.75, 3.05) is 19.8 Å². The maximum Gasteiger partial charge on any atom is 0.143 e. The molecular formula is C15H27NO2. The van der Waals surface area contributed by atoms with Crippen molar-refractivity contribution in [3.63, 3.8) is 0 Å². The van der Waals surface area contributed by atoms with E-state index in [0.29, 0.717) is 37.4 Å². The van der Waals surface area contributed by atoms with Crippen LogP contribution in [0.15, 0.2) is 0 Å². The first-order chi connectivity index (χ1) is 8.57. The second-order valence-corrected chi connectivity index (χ2v) is 6.58. The van der Waals surface area contributed by atoms with Crippen molar-refractivity contribution in [1.82, 2.24) is 0 Å². The number of carbonyl (C=O) groups excluding carboxylic acids is 1. The van der Waals surface area contributed by atoms with Gasteiger partial charge in [0.1, 0.15) is 5.78 Å². The van der Waals surface area contributed by atoms with Gasteiger partial charge in [-0.3, -0.25) is 4.79 Å². The molecule has 1 aliphatic heterocycles. The number of ketones is 1. The van der Waals surface area contributed by atoms with Gasteiger partial charge < -0.3 is 10.5 Å². The molecule has 2 N–H and O–H groups in total. The molecule has 0 bridgehead atoms. The van der Waals surface area contributed by atoms with Crippen LogP contribution in [0.3, 0.4) is 0 Å². The third-order valence-corrected chi connectivity index (χ3v) is 4.91. The van der Waals surface area contributed by atoms with Gasteiger partial charge in [0, 0.05) is 31.1 Å². The lowest BCUT2D eigenvalue weighted by molar-refractivity contribution is -0.139. The number of hydrogen-bond acceptors (Lipinski definition) is 3. The SMILES string of the molecule is CC1CC(C)CC(C(=O)C2(CN)CCOCC2)C1. The second-order valence-electron chi connectivity index (χ2n) is 6.58. The van der Waals surface area contributed by atoms with E-state index in [9.17, 15) is 4.79 Å². The zero-order chi connectivity index (χ0) is 13.2. The Bertz CT molecular complexity index is 287. The zero-order valence-corrected chi connectivity index (χ0v) is 11.8. The van der Waals surface area contributed by atoms with Crippen LogP contribution in [0.2, 0.25) is 0 Å². The maximum atomic E-state index is 12.9. The summed E-state index contributed by atoms with van der Waals surface area (Å²) in [5.74, 6) is 2.03. The fourth-order valence-electron chi connectivity index (χ4n) is 3.91. The molecule has 0 aromatic heterocycles. The molecule has 2 unspecified atom stereocenters. The molecule has 1 aliphatic carbocycles. The Balaban J connectivity index is 2.08. The topological polar surface area (TPSA) is 52.3 Å². The molecule has 2 rings (SSSR count). The summed E-state index contributed by atoms with van der Waals surface area (Å²) in [5.41, 5.74) is 5.66. The van der Waals surface area contributed by atoms with Crippen molar-refractivity contribution >= 4 is 5.78 Å². The Kier molecular flexibility index (Phi) is 4.44. The largest absolute Gasteiger partial charge is 0.381 e. The van der Waals surface area contributed by atoms with Crippen LogP contribution < -0.4 is 5.73 Å². The minimum atomic E-state index is -0.278. The molecule has 0 spiro atoms. The number of carbonyl (C=O) groups is 1. The first-order valence-electron chi connectivity index (χ1n) is 7.39. The van der Waals surface area contributed by atoms with Gasteiger partial charge in [-0.05, 0) is 43.9 Å². The summed E-state index contributed by atoms with van der Waals surface area (Å²) in [5, 5.41) is 0. The summed E-state index contributed by atoms with van der Waals surface area (Å²) in [7, 11) is 0. The average Bonchev–Trinajstić information content (AvgIpc) is 2.37. The van der Waals surface area contributed by atoms with E-state index in [4.69, 9.17) is 10.5 Å². The summed E-state index contributed by atoms with van der Waals surface area (Å²) in [4.78, 5) is 12.9. The number of hydrogen-bond donors (Lipinski definition) is 1. The van der Waals surface area contributed by atoms with Gasteiger partial charge in [-0.25, -0.2) is 0 Å². The lowest BCUT2D eigenvalue weighted by atomic mass is 9.66. The van der Waals surface area contributed by atoms with Crippen LogP contribution in [0.25, 0.3) is 0 Å². The van der Waals surface area contributed by atoms with Gasteiger partial charge in [-0.2, -0.15) is 0 Å². The highest BCUT2D eigenvalue weighted by molar-refractivity contribution is 5.87. The Labute approximate surface area is 110 Å². The van der Waals surface area contributed by atoms with Crippen molar-refractivity contribution in [3.8, 4) is 0 Å². The lowest BCUT2D eigenvalue weighted by Gasteiger charge is -2.40. The van der Waals surface area contributed by atoms with Crippen molar-refractivity contribution in [1.29, 1.82) is 0 Å². The molecule has 18 heavy (non-hydrogen) atoms. The number of nitrogens with two attached hydrogens (primary N) is 1. The van der Waals surface area contributed by atoms with Crippen molar-refractivity contribution < 1.29 is 9.53 Å². The van der Waals surface area contributed by atoms with Gasteiger partial charge >= 0.3 is 0 Å². The maximum absolute atomic E-state index is 12.9. The monoisotopic (exact) mass is 253 g/mol. The van der Waals surface area contributed by atoms with Crippen molar-refractivity contribution in [2.45, 2.75) is 46.0 Å². The summed E-state index contributed by atoms with van der Waals surface area (Å²) in [6.07, 6.45) is 5.03. The molecule has 1 saturated heterocycles. The molecule has 1 heterocycles. The van der Waals surface area contributed by atoms with Gasteiger partial charge in [0.2, 0.25) is 0 Å². The molecule has 3 nitrogen and oxygen atoms in total. The molecular weight excluding hydrogens is 226 g/mol. The van der Waals surface area contributed by atoms with E-state index in [1.165, 1.54) is 6.42 Å². The van der Waals surface area contributed by atoms with E-state index in [1.807, 2.05) is 0 Å². The van der Waals surface area contributed by atoms with Gasteiger partial charge in [-0.15, -0.1) is 0 Å². The molecule has 2 atom stereocenters. The van der Waals surface area contributed by atoms with Gasteiger partial charge in [0.25, 0.3) is 0 Å². The minimum Gasteiger partial charge on any atom is -0.381 e. The van der Waals surface area contributed by atoms with Gasteiger partial charge in [-0.1, -0.05) is 13.8 Å². The van der Waals surface area contributed by atoms with E-state index < -0.39 is 0 Å². The number of ether oxygens (including phenoxy) is 1. The van der Waals surface area contributed by atoms with Crippen LogP contribution in [0.1, 0.15) is 46.0 Å². The first-order valence-corrected chi connectivity index (χ1v) is 7.39. The van der Waals surface area contributed by atoms with Crippen LogP contribution in [0.4, 0.5) is 0 Å². The fraction of sp³-hybridized carbons (Fsp3) is 0.933. The zero-order valence-electron chi connectivity index (χ0n) is 11.8. The summed E-state index contributed by atoms with van der Waals surface area (Å²) >= 11 is 0. The number of Topliss-reactive ketones (excluding diaryl/α,β-unsaturated/α-hetero) is 1. The van der Waals surface area contributed by atoms with Gasteiger partial charge in [0.05, 0.1) is 0 Å². The van der Waals surface area contributed by atoms with Crippen LogP contribution in [0.5, 0.6) is 0 Å². The fourth-order valence-corrected chi connectivity index (χ4v) is 3.91. The lowest BCUT2D eigenvalue weighted by Crippen LogP contribution is -2.47. The molecule has 2 fully saturated rings. The Morgan fingerprint density at radius 3 is 2.22 bits per heavy atom. The molecule has 3 heteroatoms. The summed E-state index contributed by atoms with van der Waals surface area (Å²) in [6.45, 7) is 6.43. The molecule has 2 aliphatic rings. The second kappa shape index (κ2) is 5.70. The van der Waals surface area contributed by atoms with Crippen LogP contribution in [-0.4, -0.2) is 25.5 Å². The summed E-state index contributed by atoms with van der Waals surface area (Å²) in [6, 6.07) is 0.